The maximum Gasteiger partial charge on any atom is 0.423 e. The van der Waals surface area contributed by atoms with Gasteiger partial charge in [-0.1, -0.05) is 118 Å². The van der Waals surface area contributed by atoms with Gasteiger partial charge in [-0.25, -0.2) is 19.2 Å². The zero-order valence-electron chi connectivity index (χ0n) is 25.1. The van der Waals surface area contributed by atoms with E-state index in [9.17, 15) is 19.2 Å². The van der Waals surface area contributed by atoms with Gasteiger partial charge in [0.1, 0.15) is 11.1 Å². The van der Waals surface area contributed by atoms with Crippen molar-refractivity contribution in [3.8, 4) is 11.5 Å². The quantitative estimate of drug-likeness (QED) is 0.0680. The van der Waals surface area contributed by atoms with E-state index < -0.39 is 46.5 Å². The standard InChI is InChI=1S/C34H24Cl6O8/c1-17-7-3-5-9-19(17)11-13-45-31(41)25-27(39)21(35)15-23(37)29(25)47-33(43)34(44)48-30-24(38)16-22(36)28(40)26(30)32(42)46-14-12-20-10-6-4-8-18(20)2/h3-10,15-16H,11-14H2,1-2H3. The summed E-state index contributed by atoms with van der Waals surface area (Å²) in [7, 11) is 0. The number of benzene rings is 4. The zero-order chi connectivity index (χ0) is 35.1. The van der Waals surface area contributed by atoms with E-state index in [1.807, 2.05) is 62.4 Å². The second kappa shape index (κ2) is 16.7. The monoisotopic (exact) mass is 770 g/mol. The second-order valence-corrected chi connectivity index (χ2v) is 12.5. The van der Waals surface area contributed by atoms with Crippen molar-refractivity contribution in [3.05, 3.63) is 124 Å². The summed E-state index contributed by atoms with van der Waals surface area (Å²) in [6.07, 6.45) is 0.736. The highest BCUT2D eigenvalue weighted by molar-refractivity contribution is 6.47. The predicted octanol–water partition coefficient (Wildman–Crippen LogP) is 9.53. The lowest BCUT2D eigenvalue weighted by atomic mass is 10.1. The molecule has 0 heterocycles. The number of esters is 4. The molecule has 0 radical (unpaired) electrons. The van der Waals surface area contributed by atoms with Crippen LogP contribution >= 0.6 is 69.6 Å². The number of hydrogen-bond donors (Lipinski definition) is 0. The van der Waals surface area contributed by atoms with Gasteiger partial charge in [-0.15, -0.1) is 0 Å². The summed E-state index contributed by atoms with van der Waals surface area (Å²) in [4.78, 5) is 52.2. The number of ether oxygens (including phenoxy) is 4. The Hall–Kier alpha value is -3.50. The molecule has 0 bridgehead atoms. The van der Waals surface area contributed by atoms with Crippen molar-refractivity contribution in [3.63, 3.8) is 0 Å². The van der Waals surface area contributed by atoms with Crippen molar-refractivity contribution in [2.45, 2.75) is 26.7 Å². The van der Waals surface area contributed by atoms with Crippen LogP contribution in [-0.4, -0.2) is 37.1 Å². The fraction of sp³-hybridized carbons (Fsp3) is 0.176. The van der Waals surface area contributed by atoms with Crippen LogP contribution in [0.25, 0.3) is 0 Å². The smallest absolute Gasteiger partial charge is 0.423 e. The molecule has 0 unspecified atom stereocenters. The van der Waals surface area contributed by atoms with Gasteiger partial charge >= 0.3 is 23.9 Å². The first kappa shape index (κ1) is 37.3. The minimum atomic E-state index is -1.68. The van der Waals surface area contributed by atoms with E-state index in [-0.39, 0.29) is 43.3 Å². The van der Waals surface area contributed by atoms with Crippen LogP contribution in [0.3, 0.4) is 0 Å². The summed E-state index contributed by atoms with van der Waals surface area (Å²) in [6.45, 7) is 3.68. The number of carbonyl (C=O) groups excluding carboxylic acids is 4. The summed E-state index contributed by atoms with van der Waals surface area (Å²) >= 11 is 37.3. The number of halogens is 6. The molecule has 0 fully saturated rings. The third-order valence-corrected chi connectivity index (χ3v) is 9.09. The molecule has 4 rings (SSSR count). The fourth-order valence-electron chi connectivity index (χ4n) is 4.42. The summed E-state index contributed by atoms with van der Waals surface area (Å²) < 4.78 is 21.0. The number of hydrogen-bond acceptors (Lipinski definition) is 8. The maximum atomic E-state index is 13.1. The van der Waals surface area contributed by atoms with Crippen LogP contribution < -0.4 is 9.47 Å². The van der Waals surface area contributed by atoms with E-state index in [0.717, 1.165) is 34.4 Å². The molecule has 8 nitrogen and oxygen atoms in total. The van der Waals surface area contributed by atoms with Gasteiger partial charge in [-0.05, 0) is 48.2 Å². The first-order chi connectivity index (χ1) is 22.8. The molecule has 4 aromatic carbocycles. The Kier molecular flexibility index (Phi) is 13.0. The highest BCUT2D eigenvalue weighted by Crippen LogP contribution is 2.41. The molecule has 0 saturated carbocycles. The molecule has 14 heteroatoms. The number of carbonyl (C=O) groups is 4. The van der Waals surface area contributed by atoms with Gasteiger partial charge in [0.2, 0.25) is 0 Å². The van der Waals surface area contributed by atoms with Gasteiger partial charge in [-0.3, -0.25) is 0 Å². The Morgan fingerprint density at radius 3 is 1.25 bits per heavy atom. The fourth-order valence-corrected chi connectivity index (χ4v) is 5.86. The van der Waals surface area contributed by atoms with E-state index in [2.05, 4.69) is 0 Å². The van der Waals surface area contributed by atoms with Crippen LogP contribution in [-0.2, 0) is 31.9 Å². The molecule has 48 heavy (non-hydrogen) atoms. The van der Waals surface area contributed by atoms with Crippen LogP contribution in [0, 0.1) is 13.8 Å². The normalized spacial score (nSPS) is 10.8. The Labute approximate surface area is 305 Å². The highest BCUT2D eigenvalue weighted by Gasteiger charge is 2.32. The van der Waals surface area contributed by atoms with Crippen molar-refractivity contribution in [1.29, 1.82) is 0 Å². The van der Waals surface area contributed by atoms with Crippen molar-refractivity contribution in [2.75, 3.05) is 13.2 Å². The van der Waals surface area contributed by atoms with Crippen LogP contribution in [0.5, 0.6) is 11.5 Å². The first-order valence-corrected chi connectivity index (χ1v) is 16.3. The Morgan fingerprint density at radius 1 is 0.542 bits per heavy atom. The van der Waals surface area contributed by atoms with Gasteiger partial charge in [0, 0.05) is 12.8 Å². The van der Waals surface area contributed by atoms with Crippen LogP contribution in [0.1, 0.15) is 43.0 Å². The minimum absolute atomic E-state index is 0.0702. The Morgan fingerprint density at radius 2 is 0.896 bits per heavy atom. The number of aryl methyl sites for hydroxylation is 2. The summed E-state index contributed by atoms with van der Waals surface area (Å²) in [5.74, 6) is -6.65. The lowest BCUT2D eigenvalue weighted by Crippen LogP contribution is -2.27. The highest BCUT2D eigenvalue weighted by atomic mass is 35.5. The summed E-state index contributed by atoms with van der Waals surface area (Å²) in [5, 5.41) is -1.68. The van der Waals surface area contributed by atoms with E-state index >= 15 is 0 Å². The van der Waals surface area contributed by atoms with Crippen LogP contribution in [0.2, 0.25) is 30.1 Å². The Bertz CT molecular complexity index is 1770. The summed E-state index contributed by atoms with van der Waals surface area (Å²) in [5.41, 5.74) is 2.84. The van der Waals surface area contributed by atoms with Gasteiger partial charge in [0.05, 0.1) is 43.3 Å². The van der Waals surface area contributed by atoms with Gasteiger partial charge in [-0.2, -0.15) is 0 Å². The molecule has 0 spiro atoms. The molecular weight excluding hydrogens is 749 g/mol. The molecule has 0 aromatic heterocycles. The van der Waals surface area contributed by atoms with Gasteiger partial charge < -0.3 is 18.9 Å². The molecule has 0 N–H and O–H groups in total. The van der Waals surface area contributed by atoms with Crippen LogP contribution in [0.15, 0.2) is 60.7 Å². The lowest BCUT2D eigenvalue weighted by Gasteiger charge is -2.16. The van der Waals surface area contributed by atoms with Crippen molar-refractivity contribution >= 4 is 93.5 Å². The van der Waals surface area contributed by atoms with Gasteiger partial charge in [0.25, 0.3) is 0 Å². The minimum Gasteiger partial charge on any atom is -0.462 e. The topological polar surface area (TPSA) is 105 Å². The zero-order valence-corrected chi connectivity index (χ0v) is 29.7. The van der Waals surface area contributed by atoms with E-state index in [0.29, 0.717) is 12.8 Å². The second-order valence-electron chi connectivity index (χ2n) is 10.1. The third kappa shape index (κ3) is 8.94. The molecule has 0 atom stereocenters. The summed E-state index contributed by atoms with van der Waals surface area (Å²) in [6, 6.07) is 17.2. The maximum absolute atomic E-state index is 13.1. The lowest BCUT2D eigenvalue weighted by molar-refractivity contribution is -0.156. The average molecular weight is 773 g/mol. The van der Waals surface area contributed by atoms with E-state index in [1.54, 1.807) is 0 Å². The molecular formula is C34H24Cl6O8. The van der Waals surface area contributed by atoms with E-state index in [4.69, 9.17) is 88.6 Å². The first-order valence-electron chi connectivity index (χ1n) is 14.0. The molecule has 0 aliphatic carbocycles. The van der Waals surface area contributed by atoms with E-state index in [1.165, 1.54) is 0 Å². The molecule has 0 aliphatic heterocycles. The Balaban J connectivity index is 1.52. The number of rotatable bonds is 10. The molecule has 4 aromatic rings. The van der Waals surface area contributed by atoms with Gasteiger partial charge in [0.15, 0.2) is 11.5 Å². The SMILES string of the molecule is Cc1ccccc1CCOC(=O)c1c(Cl)c(Cl)cc(Cl)c1OC(=O)C(=O)Oc1c(Cl)cc(Cl)c(Cl)c1C(=O)OCCc1ccccc1C. The van der Waals surface area contributed by atoms with Crippen molar-refractivity contribution < 1.29 is 38.1 Å². The molecule has 0 amide bonds. The largest absolute Gasteiger partial charge is 0.462 e. The van der Waals surface area contributed by atoms with Crippen molar-refractivity contribution in [2.24, 2.45) is 0 Å². The average Bonchev–Trinajstić information content (AvgIpc) is 3.04. The van der Waals surface area contributed by atoms with Crippen molar-refractivity contribution in [1.82, 2.24) is 0 Å². The molecule has 250 valence electrons. The predicted molar refractivity (Wildman–Crippen MR) is 185 cm³/mol. The molecule has 0 aliphatic rings. The third-order valence-electron chi connectivity index (χ3n) is 6.95. The molecule has 0 saturated heterocycles. The van der Waals surface area contributed by atoms with Crippen LogP contribution in [0.4, 0.5) is 0 Å².